The van der Waals surface area contributed by atoms with E-state index in [9.17, 15) is 31.1 Å². The van der Waals surface area contributed by atoms with Gasteiger partial charge in [-0.15, -0.1) is 0 Å². The van der Waals surface area contributed by atoms with E-state index in [0.29, 0.717) is 0 Å². The molecule has 1 unspecified atom stereocenters. The molecule has 2 aliphatic heterocycles. The first-order valence-corrected chi connectivity index (χ1v) is 11.2. The van der Waals surface area contributed by atoms with Gasteiger partial charge in [0.25, 0.3) is 0 Å². The van der Waals surface area contributed by atoms with Crippen LogP contribution >= 0.6 is 34.8 Å². The molecule has 2 aliphatic rings. The number of carbonyl (C=O) groups is 1. The zero-order valence-electron chi connectivity index (χ0n) is 17.7. The lowest BCUT2D eigenvalue weighted by Gasteiger charge is -2.44. The summed E-state index contributed by atoms with van der Waals surface area (Å²) in [6, 6.07) is 7.12. The van der Waals surface area contributed by atoms with Crippen LogP contribution in [0.2, 0.25) is 15.1 Å². The summed E-state index contributed by atoms with van der Waals surface area (Å²) in [7, 11) is 0. The average Bonchev–Trinajstić information content (AvgIpc) is 3.21. The van der Waals surface area contributed by atoms with Crippen molar-refractivity contribution in [3.63, 3.8) is 0 Å². The van der Waals surface area contributed by atoms with Crippen LogP contribution in [-0.4, -0.2) is 36.2 Å². The molecule has 1 N–H and O–H groups in total. The average molecular weight is 578 g/mol. The molecule has 0 spiro atoms. The van der Waals surface area contributed by atoms with Crippen LogP contribution in [0, 0.1) is 0 Å². The Morgan fingerprint density at radius 1 is 0.972 bits per heavy atom. The molecular weight excluding hydrogens is 564 g/mol. The maximum Gasteiger partial charge on any atom is 0.428 e. The predicted octanol–water partition coefficient (Wildman–Crippen LogP) is 6.94. The van der Waals surface area contributed by atoms with E-state index in [1.54, 1.807) is 0 Å². The van der Waals surface area contributed by atoms with Gasteiger partial charge in [-0.2, -0.15) is 26.3 Å². The highest BCUT2D eigenvalue weighted by Gasteiger charge is 2.60. The molecule has 36 heavy (non-hydrogen) atoms. The molecule has 0 saturated carbocycles. The summed E-state index contributed by atoms with van der Waals surface area (Å²) in [5, 5.41) is -0.553. The van der Waals surface area contributed by atoms with Crippen molar-refractivity contribution < 1.29 is 40.4 Å². The number of hydrogen-bond acceptors (Lipinski definition) is 3. The largest absolute Gasteiger partial charge is 0.428 e. The fraction of sp³-hybridized carbons (Fsp3) is 0.318. The van der Waals surface area contributed by atoms with E-state index in [4.69, 9.17) is 39.6 Å². The van der Waals surface area contributed by atoms with Gasteiger partial charge in [0, 0.05) is 5.56 Å². The van der Waals surface area contributed by atoms with Gasteiger partial charge in [0.15, 0.2) is 5.67 Å². The molecule has 194 valence electrons. The number of likely N-dealkylation sites (tertiary alicyclic amines) is 1. The molecule has 1 fully saturated rings. The number of carbonyl (C=O) groups excluding carboxylic acids is 1. The van der Waals surface area contributed by atoms with Crippen LogP contribution in [0.3, 0.4) is 0 Å². The summed E-state index contributed by atoms with van der Waals surface area (Å²) in [6.07, 6.45) is -10.6. The van der Waals surface area contributed by atoms with E-state index >= 15 is 4.39 Å². The first kappa shape index (κ1) is 26.8. The highest BCUT2D eigenvalue weighted by molar-refractivity contribution is 6.48. The van der Waals surface area contributed by atoms with Crippen LogP contribution in [0.5, 0.6) is 0 Å². The number of rotatable bonds is 4. The van der Waals surface area contributed by atoms with Gasteiger partial charge >= 0.3 is 12.4 Å². The van der Waals surface area contributed by atoms with E-state index in [0.717, 1.165) is 23.1 Å². The fourth-order valence-electron chi connectivity index (χ4n) is 3.90. The number of benzene rings is 2. The standard InChI is InChI=1S/C22H14Cl3F7N2O2/c23-14-5-13(6-15(24)18(14)25)20(22(30,31)32)7-16(33-36-20)11-1-3-12(4-2-11)19(26)9-34(10-19)17(35)8-21(27,28)29/h1-7,33H,8-10H2. The highest BCUT2D eigenvalue weighted by atomic mass is 35.5. The molecule has 0 bridgehead atoms. The molecule has 2 aromatic carbocycles. The Morgan fingerprint density at radius 2 is 1.53 bits per heavy atom. The van der Waals surface area contributed by atoms with Crippen LogP contribution in [0.15, 0.2) is 42.5 Å². The molecule has 14 heteroatoms. The van der Waals surface area contributed by atoms with Gasteiger partial charge < -0.3 is 4.90 Å². The van der Waals surface area contributed by atoms with Crippen molar-refractivity contribution in [1.29, 1.82) is 0 Å². The maximum atomic E-state index is 15.1. The summed E-state index contributed by atoms with van der Waals surface area (Å²) in [6.45, 7) is -1.14. The SMILES string of the molecule is O=C(CC(F)(F)F)N1CC(F)(c2ccc(C3=CC(c4cc(Cl)c(Cl)c(Cl)c4)(C(F)(F)F)ON3)cc2)C1. The first-order valence-electron chi connectivity index (χ1n) is 10.1. The van der Waals surface area contributed by atoms with Gasteiger partial charge in [-0.1, -0.05) is 59.1 Å². The van der Waals surface area contributed by atoms with Gasteiger partial charge in [0.05, 0.1) is 33.9 Å². The zero-order chi connectivity index (χ0) is 26.7. The van der Waals surface area contributed by atoms with E-state index in [2.05, 4.69) is 5.48 Å². The number of alkyl halides is 7. The van der Waals surface area contributed by atoms with Gasteiger partial charge in [-0.25, -0.2) is 4.39 Å². The van der Waals surface area contributed by atoms with Crippen LogP contribution in [0.25, 0.3) is 5.70 Å². The van der Waals surface area contributed by atoms with E-state index in [1.807, 2.05) is 0 Å². The Hall–Kier alpha value is -2.21. The number of hydrogen-bond donors (Lipinski definition) is 1. The Labute approximate surface area is 214 Å². The fourth-order valence-corrected chi connectivity index (χ4v) is 4.50. The minimum absolute atomic E-state index is 0.0557. The van der Waals surface area contributed by atoms with Gasteiger partial charge in [0.1, 0.15) is 6.42 Å². The lowest BCUT2D eigenvalue weighted by Crippen LogP contribution is -2.59. The topological polar surface area (TPSA) is 41.6 Å². The molecule has 4 nitrogen and oxygen atoms in total. The summed E-state index contributed by atoms with van der Waals surface area (Å²) < 4.78 is 94.7. The molecule has 1 atom stereocenters. The summed E-state index contributed by atoms with van der Waals surface area (Å²) >= 11 is 17.7. The summed E-state index contributed by atoms with van der Waals surface area (Å²) in [5.41, 5.74) is -3.10. The smallest absolute Gasteiger partial charge is 0.335 e. The predicted molar refractivity (Wildman–Crippen MR) is 118 cm³/mol. The molecule has 0 radical (unpaired) electrons. The second kappa shape index (κ2) is 8.97. The van der Waals surface area contributed by atoms with Crippen molar-refractivity contribution in [2.75, 3.05) is 13.1 Å². The Morgan fingerprint density at radius 3 is 2.03 bits per heavy atom. The van der Waals surface area contributed by atoms with Gasteiger partial charge in [-0.3, -0.25) is 15.1 Å². The number of nitrogens with one attached hydrogen (secondary N) is 1. The third-order valence-corrected chi connectivity index (χ3v) is 7.00. The zero-order valence-corrected chi connectivity index (χ0v) is 20.0. The molecule has 1 amide bonds. The van der Waals surface area contributed by atoms with Crippen molar-refractivity contribution in [1.82, 2.24) is 10.4 Å². The molecule has 0 aliphatic carbocycles. The van der Waals surface area contributed by atoms with Crippen molar-refractivity contribution in [2.24, 2.45) is 0 Å². The van der Waals surface area contributed by atoms with Crippen molar-refractivity contribution in [3.05, 3.63) is 74.2 Å². The molecule has 1 saturated heterocycles. The van der Waals surface area contributed by atoms with Crippen molar-refractivity contribution in [3.8, 4) is 0 Å². The van der Waals surface area contributed by atoms with E-state index in [1.165, 1.54) is 24.3 Å². The first-order chi connectivity index (χ1) is 16.5. The van der Waals surface area contributed by atoms with Crippen LogP contribution in [0.1, 0.15) is 23.1 Å². The second-order valence-corrected chi connectivity index (χ2v) is 9.53. The Balaban J connectivity index is 1.57. The third kappa shape index (κ3) is 4.85. The van der Waals surface area contributed by atoms with Crippen molar-refractivity contribution >= 4 is 46.4 Å². The van der Waals surface area contributed by atoms with Gasteiger partial charge in [-0.05, 0) is 29.3 Å². The minimum atomic E-state index is -4.95. The lowest BCUT2D eigenvalue weighted by atomic mass is 9.86. The van der Waals surface area contributed by atoms with Gasteiger partial charge in [0.2, 0.25) is 11.5 Å². The quantitative estimate of drug-likeness (QED) is 0.316. The van der Waals surface area contributed by atoms with Crippen LogP contribution in [0.4, 0.5) is 30.7 Å². The number of nitrogens with zero attached hydrogens (tertiary/aromatic N) is 1. The minimum Gasteiger partial charge on any atom is -0.335 e. The summed E-state index contributed by atoms with van der Waals surface area (Å²) in [5.74, 6) is -1.24. The lowest BCUT2D eigenvalue weighted by molar-refractivity contribution is -0.269. The molecular formula is C22H14Cl3F7N2O2. The molecule has 2 aromatic rings. The van der Waals surface area contributed by atoms with E-state index in [-0.39, 0.29) is 31.9 Å². The normalized spacial score (nSPS) is 21.6. The molecule has 2 heterocycles. The summed E-state index contributed by atoms with van der Waals surface area (Å²) in [4.78, 5) is 17.3. The second-order valence-electron chi connectivity index (χ2n) is 8.33. The molecule has 4 rings (SSSR count). The number of amides is 1. The molecule has 0 aromatic heterocycles. The number of halogens is 10. The third-order valence-electron chi connectivity index (χ3n) is 5.80. The highest BCUT2D eigenvalue weighted by Crippen LogP contribution is 2.49. The van der Waals surface area contributed by atoms with Crippen molar-refractivity contribution in [2.45, 2.75) is 30.0 Å². The number of hydroxylamine groups is 1. The monoisotopic (exact) mass is 576 g/mol. The Kier molecular flexibility index (Phi) is 6.69. The van der Waals surface area contributed by atoms with Crippen LogP contribution in [-0.2, 0) is 20.9 Å². The van der Waals surface area contributed by atoms with E-state index < -0.39 is 54.6 Å². The van der Waals surface area contributed by atoms with Crippen LogP contribution < -0.4 is 5.48 Å². The Bertz CT molecular complexity index is 1200. The maximum absolute atomic E-state index is 15.1.